The average molecular weight is 233 g/mol. The fourth-order valence-corrected chi connectivity index (χ4v) is 1.39. The van der Waals surface area contributed by atoms with Crippen molar-refractivity contribution in [2.24, 2.45) is 0 Å². The van der Waals surface area contributed by atoms with Crippen LogP contribution in [-0.4, -0.2) is 20.2 Å². The van der Waals surface area contributed by atoms with E-state index in [2.05, 4.69) is 4.74 Å². The van der Waals surface area contributed by atoms with Crippen molar-refractivity contribution < 1.29 is 18.7 Å². The molecule has 82 valence electrons. The molecule has 0 aromatic heterocycles. The largest absolute Gasteiger partial charge is 0.496 e. The Hall–Kier alpha value is -1.29. The molecule has 1 atom stereocenters. The predicted octanol–water partition coefficient (Wildman–Crippen LogP) is 2.29. The van der Waals surface area contributed by atoms with Crippen LogP contribution in [0.15, 0.2) is 18.2 Å². The highest BCUT2D eigenvalue weighted by Gasteiger charge is 2.22. The van der Waals surface area contributed by atoms with Gasteiger partial charge < -0.3 is 9.47 Å². The second-order valence-corrected chi connectivity index (χ2v) is 3.21. The summed E-state index contributed by atoms with van der Waals surface area (Å²) < 4.78 is 22.4. The van der Waals surface area contributed by atoms with E-state index in [1.54, 1.807) is 0 Å². The number of benzene rings is 1. The molecule has 0 heterocycles. The van der Waals surface area contributed by atoms with E-state index in [0.29, 0.717) is 5.75 Å². The molecule has 0 fully saturated rings. The Morgan fingerprint density at radius 1 is 1.47 bits per heavy atom. The number of hydrogen-bond acceptors (Lipinski definition) is 3. The average Bonchev–Trinajstić information content (AvgIpc) is 2.27. The molecule has 0 radical (unpaired) electrons. The number of halogens is 2. The summed E-state index contributed by atoms with van der Waals surface area (Å²) in [4.78, 5) is 11.2. The molecular weight excluding hydrogens is 223 g/mol. The molecule has 1 aromatic rings. The second-order valence-electron chi connectivity index (χ2n) is 2.77. The third-order valence-corrected chi connectivity index (χ3v) is 2.29. The Morgan fingerprint density at radius 2 is 2.13 bits per heavy atom. The Kier molecular flexibility index (Phi) is 3.91. The first-order valence-corrected chi connectivity index (χ1v) is 4.59. The molecule has 0 spiro atoms. The maximum atomic E-state index is 12.9. The molecular formula is C10H10ClFO3. The lowest BCUT2D eigenvalue weighted by Crippen LogP contribution is -2.10. The maximum Gasteiger partial charge on any atom is 0.328 e. The normalized spacial score (nSPS) is 12.0. The number of hydrogen-bond donors (Lipinski definition) is 0. The van der Waals surface area contributed by atoms with Crippen molar-refractivity contribution in [2.45, 2.75) is 5.38 Å². The van der Waals surface area contributed by atoms with Gasteiger partial charge in [-0.1, -0.05) is 0 Å². The van der Waals surface area contributed by atoms with E-state index in [1.165, 1.54) is 26.4 Å². The van der Waals surface area contributed by atoms with Crippen LogP contribution in [0.1, 0.15) is 10.9 Å². The first-order chi connectivity index (χ1) is 7.10. The van der Waals surface area contributed by atoms with E-state index in [4.69, 9.17) is 16.3 Å². The van der Waals surface area contributed by atoms with Gasteiger partial charge in [0.25, 0.3) is 0 Å². The van der Waals surface area contributed by atoms with Crippen LogP contribution in [0.25, 0.3) is 0 Å². The van der Waals surface area contributed by atoms with E-state index in [-0.39, 0.29) is 5.56 Å². The van der Waals surface area contributed by atoms with Crippen LogP contribution in [0.5, 0.6) is 5.75 Å². The van der Waals surface area contributed by atoms with Gasteiger partial charge in [0.2, 0.25) is 0 Å². The minimum absolute atomic E-state index is 0.256. The number of rotatable bonds is 3. The quantitative estimate of drug-likeness (QED) is 0.593. The summed E-state index contributed by atoms with van der Waals surface area (Å²) in [5.74, 6) is -0.789. The number of carbonyl (C=O) groups excluding carboxylic acids is 1. The standard InChI is InChI=1S/C10H10ClFO3/c1-14-8-4-3-6(12)5-7(8)9(11)10(13)15-2/h3-5,9H,1-2H3. The lowest BCUT2D eigenvalue weighted by atomic mass is 10.1. The topological polar surface area (TPSA) is 35.5 Å². The van der Waals surface area contributed by atoms with E-state index in [1.807, 2.05) is 0 Å². The van der Waals surface area contributed by atoms with Crippen molar-refractivity contribution in [2.75, 3.05) is 14.2 Å². The van der Waals surface area contributed by atoms with Crippen molar-refractivity contribution in [3.63, 3.8) is 0 Å². The van der Waals surface area contributed by atoms with Gasteiger partial charge in [-0.15, -0.1) is 11.6 Å². The molecule has 1 rings (SSSR count). The molecule has 0 saturated carbocycles. The smallest absolute Gasteiger partial charge is 0.328 e. The summed E-state index contributed by atoms with van der Waals surface area (Å²) in [6.07, 6.45) is 0. The molecule has 1 aromatic carbocycles. The molecule has 0 bridgehead atoms. The minimum Gasteiger partial charge on any atom is -0.496 e. The molecule has 0 N–H and O–H groups in total. The Bertz CT molecular complexity index is 368. The molecule has 5 heteroatoms. The number of methoxy groups -OCH3 is 2. The van der Waals surface area contributed by atoms with E-state index < -0.39 is 17.2 Å². The molecule has 0 amide bonds. The van der Waals surface area contributed by atoms with Gasteiger partial charge >= 0.3 is 5.97 Å². The fraction of sp³-hybridized carbons (Fsp3) is 0.300. The summed E-state index contributed by atoms with van der Waals surface area (Å²) in [5, 5.41) is -1.07. The summed E-state index contributed by atoms with van der Waals surface area (Å²) in [7, 11) is 2.63. The highest BCUT2D eigenvalue weighted by Crippen LogP contribution is 2.31. The van der Waals surface area contributed by atoms with Gasteiger partial charge in [0.05, 0.1) is 14.2 Å². The number of alkyl halides is 1. The molecule has 0 aliphatic heterocycles. The van der Waals surface area contributed by atoms with Crippen molar-refractivity contribution in [3.8, 4) is 5.75 Å². The van der Waals surface area contributed by atoms with Gasteiger partial charge in [0.1, 0.15) is 11.6 Å². The monoisotopic (exact) mass is 232 g/mol. The number of esters is 1. The van der Waals surface area contributed by atoms with Gasteiger partial charge in [-0.3, -0.25) is 4.79 Å². The first kappa shape index (κ1) is 11.8. The van der Waals surface area contributed by atoms with Crippen molar-refractivity contribution in [3.05, 3.63) is 29.6 Å². The van der Waals surface area contributed by atoms with Crippen LogP contribution in [0, 0.1) is 5.82 Å². The predicted molar refractivity (Wildman–Crippen MR) is 53.6 cm³/mol. The van der Waals surface area contributed by atoms with Crippen molar-refractivity contribution >= 4 is 17.6 Å². The number of ether oxygens (including phenoxy) is 2. The zero-order valence-corrected chi connectivity index (χ0v) is 9.05. The van der Waals surface area contributed by atoms with Crippen LogP contribution < -0.4 is 4.74 Å². The first-order valence-electron chi connectivity index (χ1n) is 4.15. The van der Waals surface area contributed by atoms with Gasteiger partial charge in [-0.2, -0.15) is 0 Å². The van der Waals surface area contributed by atoms with Crippen LogP contribution in [0.2, 0.25) is 0 Å². The van der Waals surface area contributed by atoms with Crippen molar-refractivity contribution in [1.29, 1.82) is 0 Å². The maximum absolute atomic E-state index is 12.9. The van der Waals surface area contributed by atoms with Crippen LogP contribution >= 0.6 is 11.6 Å². The van der Waals surface area contributed by atoms with Crippen LogP contribution in [-0.2, 0) is 9.53 Å². The van der Waals surface area contributed by atoms with Crippen LogP contribution in [0.3, 0.4) is 0 Å². The van der Waals surface area contributed by atoms with Crippen LogP contribution in [0.4, 0.5) is 4.39 Å². The summed E-state index contributed by atoms with van der Waals surface area (Å²) in [6, 6.07) is 3.78. The summed E-state index contributed by atoms with van der Waals surface area (Å²) >= 11 is 5.79. The third-order valence-electron chi connectivity index (χ3n) is 1.87. The van der Waals surface area contributed by atoms with E-state index in [9.17, 15) is 9.18 Å². The SMILES string of the molecule is COC(=O)C(Cl)c1cc(F)ccc1OC. The van der Waals surface area contributed by atoms with E-state index in [0.717, 1.165) is 6.07 Å². The molecule has 1 unspecified atom stereocenters. The number of carbonyl (C=O) groups is 1. The Morgan fingerprint density at radius 3 is 2.67 bits per heavy atom. The summed E-state index contributed by atoms with van der Waals surface area (Å²) in [5.41, 5.74) is 0.256. The zero-order valence-electron chi connectivity index (χ0n) is 8.29. The van der Waals surface area contributed by atoms with Gasteiger partial charge in [0, 0.05) is 5.56 Å². The van der Waals surface area contributed by atoms with Gasteiger partial charge in [0.15, 0.2) is 5.38 Å². The second kappa shape index (κ2) is 4.98. The molecule has 0 aliphatic carbocycles. The third kappa shape index (κ3) is 2.59. The molecule has 3 nitrogen and oxygen atoms in total. The fourth-order valence-electron chi connectivity index (χ4n) is 1.13. The Labute approximate surface area is 91.7 Å². The molecule has 15 heavy (non-hydrogen) atoms. The zero-order chi connectivity index (χ0) is 11.4. The molecule has 0 saturated heterocycles. The van der Waals surface area contributed by atoms with E-state index >= 15 is 0 Å². The van der Waals surface area contributed by atoms with Crippen molar-refractivity contribution in [1.82, 2.24) is 0 Å². The van der Waals surface area contributed by atoms with Gasteiger partial charge in [-0.25, -0.2) is 4.39 Å². The lowest BCUT2D eigenvalue weighted by Gasteiger charge is -2.11. The molecule has 0 aliphatic rings. The van der Waals surface area contributed by atoms with Gasteiger partial charge in [-0.05, 0) is 18.2 Å². The summed E-state index contributed by atoms with van der Waals surface area (Å²) in [6.45, 7) is 0. The lowest BCUT2D eigenvalue weighted by molar-refractivity contribution is -0.140. The highest BCUT2D eigenvalue weighted by molar-refractivity contribution is 6.30. The minimum atomic E-state index is -1.07. The highest BCUT2D eigenvalue weighted by atomic mass is 35.5. The Balaban J connectivity index is 3.10.